The zero-order chi connectivity index (χ0) is 12.2. The lowest BCUT2D eigenvalue weighted by Gasteiger charge is -2.23. The zero-order valence-corrected chi connectivity index (χ0v) is 11.2. The number of hydrogen-bond acceptors (Lipinski definition) is 3. The van der Waals surface area contributed by atoms with Crippen LogP contribution in [0, 0.1) is 5.41 Å². The molecule has 3 nitrogen and oxygen atoms in total. The highest BCUT2D eigenvalue weighted by Crippen LogP contribution is 2.39. The zero-order valence-electron chi connectivity index (χ0n) is 10.4. The summed E-state index contributed by atoms with van der Waals surface area (Å²) in [6.07, 6.45) is 1.95. The minimum Gasteiger partial charge on any atom is -0.281 e. The summed E-state index contributed by atoms with van der Waals surface area (Å²) in [7, 11) is 0. The molecule has 0 aliphatic carbocycles. The topological polar surface area (TPSA) is 37.4 Å². The van der Waals surface area contributed by atoms with Crippen LogP contribution in [-0.2, 0) is 9.59 Å². The summed E-state index contributed by atoms with van der Waals surface area (Å²) in [5.41, 5.74) is -0.395. The largest absolute Gasteiger partial charge is 0.281 e. The number of thioether (sulfide) groups is 1. The molecule has 0 N–H and O–H groups in total. The van der Waals surface area contributed by atoms with Crippen LogP contribution in [-0.4, -0.2) is 34.8 Å². The first-order valence-electron chi connectivity index (χ1n) is 6.03. The molecule has 1 rings (SSSR count). The molecule has 0 atom stereocenters. The molecule has 0 spiro atoms. The Morgan fingerprint density at radius 1 is 1.25 bits per heavy atom. The van der Waals surface area contributed by atoms with Gasteiger partial charge < -0.3 is 0 Å². The van der Waals surface area contributed by atoms with Crippen molar-refractivity contribution in [1.29, 1.82) is 0 Å². The van der Waals surface area contributed by atoms with E-state index in [-0.39, 0.29) is 11.8 Å². The normalized spacial score (nSPS) is 19.6. The second-order valence-electron chi connectivity index (χ2n) is 4.21. The molecule has 0 saturated carbocycles. The monoisotopic (exact) mass is 243 g/mol. The summed E-state index contributed by atoms with van der Waals surface area (Å²) in [6.45, 7) is 6.66. The number of likely N-dealkylation sites (tertiary alicyclic amines) is 1. The maximum Gasteiger partial charge on any atom is 0.235 e. The summed E-state index contributed by atoms with van der Waals surface area (Å²) in [4.78, 5) is 25.5. The second-order valence-corrected chi connectivity index (χ2v) is 5.61. The van der Waals surface area contributed by atoms with Gasteiger partial charge in [0.05, 0.1) is 5.41 Å². The van der Waals surface area contributed by atoms with Gasteiger partial charge in [-0.3, -0.25) is 14.5 Å². The quantitative estimate of drug-likeness (QED) is 0.530. The van der Waals surface area contributed by atoms with Crippen molar-refractivity contribution in [1.82, 2.24) is 4.90 Å². The summed E-state index contributed by atoms with van der Waals surface area (Å²) in [5.74, 6) is 1.96. The van der Waals surface area contributed by atoms with Crippen LogP contribution < -0.4 is 0 Å². The highest BCUT2D eigenvalue weighted by atomic mass is 32.2. The summed E-state index contributed by atoms with van der Waals surface area (Å²) < 4.78 is 0. The van der Waals surface area contributed by atoms with Crippen molar-refractivity contribution in [2.45, 2.75) is 40.0 Å². The maximum absolute atomic E-state index is 12.2. The second kappa shape index (κ2) is 5.71. The fourth-order valence-electron chi connectivity index (χ4n) is 2.19. The van der Waals surface area contributed by atoms with Gasteiger partial charge in [-0.1, -0.05) is 20.8 Å². The predicted octanol–water partition coefficient (Wildman–Crippen LogP) is 2.30. The highest BCUT2D eigenvalue weighted by molar-refractivity contribution is 7.99. The lowest BCUT2D eigenvalue weighted by Crippen LogP contribution is -2.36. The van der Waals surface area contributed by atoms with Crippen molar-refractivity contribution in [3.63, 3.8) is 0 Å². The third-order valence-corrected chi connectivity index (χ3v) is 4.39. The Kier molecular flexibility index (Phi) is 4.84. The minimum absolute atomic E-state index is 0.0189. The minimum atomic E-state index is -0.395. The Morgan fingerprint density at radius 2 is 1.88 bits per heavy atom. The van der Waals surface area contributed by atoms with Crippen LogP contribution >= 0.6 is 11.8 Å². The highest BCUT2D eigenvalue weighted by Gasteiger charge is 2.48. The predicted molar refractivity (Wildman–Crippen MR) is 67.4 cm³/mol. The molecule has 0 aromatic carbocycles. The Balaban J connectivity index is 2.67. The number of carbonyl (C=O) groups is 2. The van der Waals surface area contributed by atoms with Crippen molar-refractivity contribution in [2.24, 2.45) is 5.41 Å². The Hall–Kier alpha value is -0.510. The summed E-state index contributed by atoms with van der Waals surface area (Å²) in [5, 5.41) is 0. The van der Waals surface area contributed by atoms with Gasteiger partial charge in [0, 0.05) is 18.7 Å². The van der Waals surface area contributed by atoms with Crippen LogP contribution in [0.3, 0.4) is 0 Å². The van der Waals surface area contributed by atoms with E-state index in [2.05, 4.69) is 6.92 Å². The van der Waals surface area contributed by atoms with Crippen LogP contribution in [0.25, 0.3) is 0 Å². The standard InChI is InChI=1S/C12H21NO2S/c1-4-12(5-2)9-10(14)13(11(12)15)7-8-16-6-3/h4-9H2,1-3H3. The molecule has 0 radical (unpaired) electrons. The van der Waals surface area contributed by atoms with Gasteiger partial charge in [-0.15, -0.1) is 0 Å². The van der Waals surface area contributed by atoms with E-state index in [1.165, 1.54) is 4.90 Å². The van der Waals surface area contributed by atoms with Gasteiger partial charge in [-0.2, -0.15) is 11.8 Å². The maximum atomic E-state index is 12.2. The number of rotatable bonds is 6. The lowest BCUT2D eigenvalue weighted by molar-refractivity contribution is -0.141. The van der Waals surface area contributed by atoms with Crippen LogP contribution in [0.15, 0.2) is 0 Å². The molecular weight excluding hydrogens is 222 g/mol. The molecule has 16 heavy (non-hydrogen) atoms. The molecule has 0 bridgehead atoms. The fourth-order valence-corrected chi connectivity index (χ4v) is 2.79. The first-order valence-corrected chi connectivity index (χ1v) is 7.19. The molecule has 1 heterocycles. The fraction of sp³-hybridized carbons (Fsp3) is 0.833. The SMILES string of the molecule is CCSCCN1C(=O)CC(CC)(CC)C1=O. The van der Waals surface area contributed by atoms with Crippen LogP contribution in [0.4, 0.5) is 0 Å². The van der Waals surface area contributed by atoms with E-state index in [1.54, 1.807) is 11.8 Å². The van der Waals surface area contributed by atoms with Gasteiger partial charge in [0.25, 0.3) is 0 Å². The van der Waals surface area contributed by atoms with Crippen molar-refractivity contribution in [3.05, 3.63) is 0 Å². The molecule has 2 amide bonds. The summed E-state index contributed by atoms with van der Waals surface area (Å²) >= 11 is 1.77. The van der Waals surface area contributed by atoms with E-state index >= 15 is 0 Å². The van der Waals surface area contributed by atoms with Crippen molar-refractivity contribution < 1.29 is 9.59 Å². The molecule has 0 unspecified atom stereocenters. The molecule has 1 fully saturated rings. The molecule has 0 aromatic heterocycles. The smallest absolute Gasteiger partial charge is 0.235 e. The molecule has 0 aromatic rings. The van der Waals surface area contributed by atoms with E-state index in [1.807, 2.05) is 13.8 Å². The number of imide groups is 1. The van der Waals surface area contributed by atoms with E-state index < -0.39 is 5.41 Å². The van der Waals surface area contributed by atoms with Gasteiger partial charge in [0.15, 0.2) is 0 Å². The van der Waals surface area contributed by atoms with Gasteiger partial charge in [-0.25, -0.2) is 0 Å². The van der Waals surface area contributed by atoms with E-state index in [0.29, 0.717) is 13.0 Å². The Labute approximate surface area is 102 Å². The van der Waals surface area contributed by atoms with E-state index in [9.17, 15) is 9.59 Å². The van der Waals surface area contributed by atoms with E-state index in [0.717, 1.165) is 24.3 Å². The molecule has 92 valence electrons. The number of amides is 2. The van der Waals surface area contributed by atoms with Crippen molar-refractivity contribution in [2.75, 3.05) is 18.1 Å². The molecule has 1 aliphatic heterocycles. The molecule has 1 aliphatic rings. The molecule has 4 heteroatoms. The van der Waals surface area contributed by atoms with Crippen LogP contribution in [0.1, 0.15) is 40.0 Å². The Bertz CT molecular complexity index is 274. The van der Waals surface area contributed by atoms with Crippen LogP contribution in [0.5, 0.6) is 0 Å². The third-order valence-electron chi connectivity index (χ3n) is 3.51. The van der Waals surface area contributed by atoms with E-state index in [4.69, 9.17) is 0 Å². The molecular formula is C12H21NO2S. The third kappa shape index (κ3) is 2.42. The lowest BCUT2D eigenvalue weighted by atomic mass is 9.81. The van der Waals surface area contributed by atoms with Gasteiger partial charge in [0.2, 0.25) is 11.8 Å². The summed E-state index contributed by atoms with van der Waals surface area (Å²) in [6, 6.07) is 0. The number of hydrogen-bond donors (Lipinski definition) is 0. The average Bonchev–Trinajstić information content (AvgIpc) is 2.53. The van der Waals surface area contributed by atoms with Gasteiger partial charge in [-0.05, 0) is 18.6 Å². The number of carbonyl (C=O) groups excluding carboxylic acids is 2. The average molecular weight is 243 g/mol. The number of nitrogens with zero attached hydrogens (tertiary/aromatic N) is 1. The van der Waals surface area contributed by atoms with Crippen molar-refractivity contribution in [3.8, 4) is 0 Å². The van der Waals surface area contributed by atoms with Crippen LogP contribution in [0.2, 0.25) is 0 Å². The Morgan fingerprint density at radius 3 is 2.31 bits per heavy atom. The van der Waals surface area contributed by atoms with Crippen molar-refractivity contribution >= 4 is 23.6 Å². The van der Waals surface area contributed by atoms with Gasteiger partial charge in [0.1, 0.15) is 0 Å². The first kappa shape index (κ1) is 13.6. The van der Waals surface area contributed by atoms with Gasteiger partial charge >= 0.3 is 0 Å². The first-order chi connectivity index (χ1) is 7.61. The molecule has 1 saturated heterocycles.